The molecule has 0 spiro atoms. The minimum absolute atomic E-state index is 0.255. The molecule has 2 aromatic carbocycles. The third kappa shape index (κ3) is 1.53. The lowest BCUT2D eigenvalue weighted by Gasteiger charge is -2.02. The standard InChI is InChI=1S/C15H9N3O2/c19-14-16-13(10-6-2-1-3-7-10)18-11-8-4-5-9-12(11)20-15(18)17-14/h1-9H. The molecule has 96 valence electrons. The average Bonchev–Trinajstić information content (AvgIpc) is 2.85. The summed E-state index contributed by atoms with van der Waals surface area (Å²) in [6, 6.07) is 17.0. The molecular weight excluding hydrogens is 254 g/mol. The van der Waals surface area contributed by atoms with Crippen molar-refractivity contribution in [1.82, 2.24) is 14.4 Å². The van der Waals surface area contributed by atoms with Gasteiger partial charge >= 0.3 is 11.5 Å². The molecule has 5 heteroatoms. The van der Waals surface area contributed by atoms with Crippen LogP contribution in [0.5, 0.6) is 0 Å². The number of fused-ring (bicyclic) bond motifs is 3. The van der Waals surface area contributed by atoms with Crippen molar-refractivity contribution < 1.29 is 4.42 Å². The second kappa shape index (κ2) is 4.03. The van der Waals surface area contributed by atoms with Crippen LogP contribution in [0.15, 0.2) is 63.8 Å². The number of aromatic nitrogens is 3. The molecule has 5 nitrogen and oxygen atoms in total. The summed E-state index contributed by atoms with van der Waals surface area (Å²) in [4.78, 5) is 19.5. The van der Waals surface area contributed by atoms with Gasteiger partial charge < -0.3 is 4.42 Å². The summed E-state index contributed by atoms with van der Waals surface area (Å²) in [6.45, 7) is 0. The Bertz CT molecular complexity index is 971. The van der Waals surface area contributed by atoms with E-state index in [4.69, 9.17) is 4.42 Å². The summed E-state index contributed by atoms with van der Waals surface area (Å²) >= 11 is 0. The molecular formula is C15H9N3O2. The highest BCUT2D eigenvalue weighted by Gasteiger charge is 2.13. The first-order valence-electron chi connectivity index (χ1n) is 6.17. The minimum atomic E-state index is -0.553. The predicted octanol–water partition coefficient (Wildman–Crippen LogP) is 2.50. The molecule has 0 bridgehead atoms. The van der Waals surface area contributed by atoms with Crippen LogP contribution in [0.3, 0.4) is 0 Å². The van der Waals surface area contributed by atoms with E-state index in [1.807, 2.05) is 54.6 Å². The number of benzene rings is 2. The van der Waals surface area contributed by atoms with Crippen molar-refractivity contribution in [2.75, 3.05) is 0 Å². The van der Waals surface area contributed by atoms with Gasteiger partial charge in [0.05, 0.1) is 5.52 Å². The summed E-state index contributed by atoms with van der Waals surface area (Å²) in [5.41, 5.74) is 1.79. The van der Waals surface area contributed by atoms with Crippen molar-refractivity contribution in [2.24, 2.45) is 0 Å². The van der Waals surface area contributed by atoms with Gasteiger partial charge in [-0.2, -0.15) is 4.98 Å². The molecule has 0 fully saturated rings. The van der Waals surface area contributed by atoms with E-state index in [0.717, 1.165) is 11.1 Å². The Balaban J connectivity index is 2.22. The summed E-state index contributed by atoms with van der Waals surface area (Å²) in [5, 5.41) is 0. The topological polar surface area (TPSA) is 60.4 Å². The summed E-state index contributed by atoms with van der Waals surface area (Å²) in [6.07, 6.45) is 0. The molecule has 0 unspecified atom stereocenters. The van der Waals surface area contributed by atoms with Crippen LogP contribution in [-0.4, -0.2) is 14.4 Å². The van der Waals surface area contributed by atoms with E-state index in [0.29, 0.717) is 11.4 Å². The van der Waals surface area contributed by atoms with Gasteiger partial charge in [-0.15, -0.1) is 4.98 Å². The number of nitrogens with zero attached hydrogens (tertiary/aromatic N) is 3. The van der Waals surface area contributed by atoms with E-state index in [1.54, 1.807) is 4.40 Å². The normalized spacial score (nSPS) is 11.2. The van der Waals surface area contributed by atoms with E-state index >= 15 is 0 Å². The molecule has 2 aromatic heterocycles. The van der Waals surface area contributed by atoms with Crippen LogP contribution in [0, 0.1) is 0 Å². The molecule has 0 aliphatic carbocycles. The first-order chi connectivity index (χ1) is 9.83. The largest absolute Gasteiger partial charge is 0.423 e. The molecule has 4 rings (SSSR count). The van der Waals surface area contributed by atoms with E-state index in [-0.39, 0.29) is 5.84 Å². The SMILES string of the molecule is O=c1nc(-c2ccccc2)n2c(n1)oc1ccccc12. The number of oxazole rings is 1. The maximum atomic E-state index is 11.7. The molecule has 4 aromatic rings. The second-order valence-electron chi connectivity index (χ2n) is 4.38. The van der Waals surface area contributed by atoms with Gasteiger partial charge in [0.1, 0.15) is 0 Å². The predicted molar refractivity (Wildman–Crippen MR) is 74.5 cm³/mol. The van der Waals surface area contributed by atoms with Crippen molar-refractivity contribution in [2.45, 2.75) is 0 Å². The third-order valence-corrected chi connectivity index (χ3v) is 3.14. The molecule has 2 heterocycles. The molecule has 0 saturated heterocycles. The van der Waals surface area contributed by atoms with Crippen molar-refractivity contribution in [3.8, 4) is 11.4 Å². The zero-order valence-corrected chi connectivity index (χ0v) is 10.4. The van der Waals surface area contributed by atoms with Crippen molar-refractivity contribution in [3.63, 3.8) is 0 Å². The first-order valence-corrected chi connectivity index (χ1v) is 6.17. The van der Waals surface area contributed by atoms with Gasteiger partial charge in [-0.3, -0.25) is 0 Å². The summed E-state index contributed by atoms with van der Waals surface area (Å²) in [5.74, 6) is 0.788. The van der Waals surface area contributed by atoms with Crippen LogP contribution in [0.25, 0.3) is 28.3 Å². The highest BCUT2D eigenvalue weighted by molar-refractivity contribution is 5.78. The molecule has 0 amide bonds. The zero-order chi connectivity index (χ0) is 13.5. The van der Waals surface area contributed by atoms with Crippen molar-refractivity contribution >= 4 is 16.9 Å². The lowest BCUT2D eigenvalue weighted by atomic mass is 10.2. The van der Waals surface area contributed by atoms with Gasteiger partial charge in [0.2, 0.25) is 0 Å². The van der Waals surface area contributed by atoms with Crippen LogP contribution in [0.2, 0.25) is 0 Å². The Morgan fingerprint density at radius 2 is 1.65 bits per heavy atom. The number of hydrogen-bond donors (Lipinski definition) is 0. The van der Waals surface area contributed by atoms with Crippen LogP contribution in [-0.2, 0) is 0 Å². The lowest BCUT2D eigenvalue weighted by molar-refractivity contribution is 0.630. The zero-order valence-electron chi connectivity index (χ0n) is 10.4. The molecule has 20 heavy (non-hydrogen) atoms. The fourth-order valence-corrected chi connectivity index (χ4v) is 2.28. The lowest BCUT2D eigenvalue weighted by Crippen LogP contribution is -2.14. The molecule has 0 aliphatic heterocycles. The maximum absolute atomic E-state index is 11.7. The van der Waals surface area contributed by atoms with E-state index in [2.05, 4.69) is 9.97 Å². The number of rotatable bonds is 1. The Morgan fingerprint density at radius 3 is 2.50 bits per heavy atom. The molecule has 0 atom stereocenters. The maximum Gasteiger partial charge on any atom is 0.373 e. The van der Waals surface area contributed by atoms with Crippen molar-refractivity contribution in [1.29, 1.82) is 0 Å². The highest BCUT2D eigenvalue weighted by Crippen LogP contribution is 2.23. The number of hydrogen-bond acceptors (Lipinski definition) is 4. The molecule has 0 aliphatic rings. The van der Waals surface area contributed by atoms with E-state index in [9.17, 15) is 4.79 Å². The van der Waals surface area contributed by atoms with Gasteiger partial charge in [0.25, 0.3) is 0 Å². The van der Waals surface area contributed by atoms with E-state index in [1.165, 1.54) is 0 Å². The Hall–Kier alpha value is -2.95. The van der Waals surface area contributed by atoms with Gasteiger partial charge in [0.15, 0.2) is 11.4 Å². The first kappa shape index (κ1) is 10.9. The van der Waals surface area contributed by atoms with Crippen LogP contribution < -0.4 is 5.69 Å². The Morgan fingerprint density at radius 1 is 0.900 bits per heavy atom. The quantitative estimate of drug-likeness (QED) is 0.529. The molecule has 0 N–H and O–H groups in total. The van der Waals surface area contributed by atoms with E-state index < -0.39 is 5.69 Å². The van der Waals surface area contributed by atoms with Crippen LogP contribution in [0.4, 0.5) is 0 Å². The van der Waals surface area contributed by atoms with Crippen LogP contribution in [0.1, 0.15) is 0 Å². The fraction of sp³-hybridized carbons (Fsp3) is 0. The van der Waals surface area contributed by atoms with Gasteiger partial charge in [-0.1, -0.05) is 42.5 Å². The summed E-state index contributed by atoms with van der Waals surface area (Å²) in [7, 11) is 0. The van der Waals surface area contributed by atoms with Gasteiger partial charge in [-0.05, 0) is 12.1 Å². The van der Waals surface area contributed by atoms with Gasteiger partial charge in [0, 0.05) is 5.56 Å². The van der Waals surface area contributed by atoms with Crippen LogP contribution >= 0.6 is 0 Å². The monoisotopic (exact) mass is 263 g/mol. The fourth-order valence-electron chi connectivity index (χ4n) is 2.28. The highest BCUT2D eigenvalue weighted by atomic mass is 16.4. The Labute approximate surface area is 113 Å². The van der Waals surface area contributed by atoms with Gasteiger partial charge in [-0.25, -0.2) is 9.20 Å². The summed E-state index contributed by atoms with van der Waals surface area (Å²) < 4.78 is 7.36. The minimum Gasteiger partial charge on any atom is -0.423 e. The average molecular weight is 263 g/mol. The second-order valence-corrected chi connectivity index (χ2v) is 4.38. The third-order valence-electron chi connectivity index (χ3n) is 3.14. The number of para-hydroxylation sites is 2. The molecule has 0 radical (unpaired) electrons. The Kier molecular flexibility index (Phi) is 2.20. The smallest absolute Gasteiger partial charge is 0.373 e. The molecule has 0 saturated carbocycles. The van der Waals surface area contributed by atoms with Crippen molar-refractivity contribution in [3.05, 3.63) is 65.1 Å².